The lowest BCUT2D eigenvalue weighted by atomic mass is 10.1. The van der Waals surface area contributed by atoms with Crippen LogP contribution in [0.4, 0.5) is 5.69 Å². The Labute approximate surface area is 183 Å². The number of amides is 3. The first-order chi connectivity index (χ1) is 15.4. The molecule has 0 spiro atoms. The normalized spacial score (nSPS) is 16.7. The summed E-state index contributed by atoms with van der Waals surface area (Å²) in [5.74, 6) is -1.25. The van der Waals surface area contributed by atoms with Crippen LogP contribution in [0, 0.1) is 10.1 Å². The van der Waals surface area contributed by atoms with E-state index in [1.54, 1.807) is 29.2 Å². The molecule has 2 aromatic rings. The van der Waals surface area contributed by atoms with E-state index in [4.69, 9.17) is 9.47 Å². The van der Waals surface area contributed by atoms with Crippen LogP contribution < -0.4 is 4.74 Å². The lowest BCUT2D eigenvalue weighted by molar-refractivity contribution is -0.386. The quantitative estimate of drug-likeness (QED) is 0.384. The van der Waals surface area contributed by atoms with E-state index in [2.05, 4.69) is 0 Å². The van der Waals surface area contributed by atoms with Crippen LogP contribution in [0.25, 0.3) is 0 Å². The van der Waals surface area contributed by atoms with E-state index in [9.17, 15) is 24.5 Å². The number of nitro groups is 1. The first-order valence-electron chi connectivity index (χ1n) is 10.1. The lowest BCUT2D eigenvalue weighted by Crippen LogP contribution is -2.46. The molecule has 10 nitrogen and oxygen atoms in total. The average Bonchev–Trinajstić information content (AvgIpc) is 3.04. The van der Waals surface area contributed by atoms with Gasteiger partial charge in [-0.25, -0.2) is 0 Å². The minimum atomic E-state index is -0.957. The summed E-state index contributed by atoms with van der Waals surface area (Å²) in [7, 11) is 0. The number of morpholine rings is 1. The molecule has 2 heterocycles. The predicted molar refractivity (Wildman–Crippen MR) is 111 cm³/mol. The summed E-state index contributed by atoms with van der Waals surface area (Å²) < 4.78 is 10.9. The first kappa shape index (κ1) is 21.4. The molecule has 0 aliphatic carbocycles. The molecule has 32 heavy (non-hydrogen) atoms. The molecule has 10 heteroatoms. The summed E-state index contributed by atoms with van der Waals surface area (Å²) in [6, 6.07) is 10.6. The van der Waals surface area contributed by atoms with Crippen LogP contribution in [0.1, 0.15) is 33.2 Å². The molecule has 1 atom stereocenters. The number of carbonyl (C=O) groups excluding carboxylic acids is 3. The van der Waals surface area contributed by atoms with Gasteiger partial charge in [0.1, 0.15) is 0 Å². The summed E-state index contributed by atoms with van der Waals surface area (Å²) in [4.78, 5) is 51.4. The van der Waals surface area contributed by atoms with Crippen LogP contribution in [0.5, 0.6) is 5.75 Å². The number of hydrogen-bond acceptors (Lipinski definition) is 7. The number of benzene rings is 2. The standard InChI is InChI=1S/C22H21N3O7/c1-14(20(26)23-8-10-31-11-9-23)32-19-12-15(6-7-18(19)25(29)30)13-24-21(27)16-4-2-3-5-17(16)22(24)28/h2-7,12,14H,8-11,13H2,1H3/t14-/m0/s1. The first-order valence-corrected chi connectivity index (χ1v) is 10.1. The smallest absolute Gasteiger partial charge is 0.310 e. The van der Waals surface area contributed by atoms with Gasteiger partial charge in [-0.1, -0.05) is 18.2 Å². The van der Waals surface area contributed by atoms with Gasteiger partial charge in [0.15, 0.2) is 11.9 Å². The number of ether oxygens (including phenoxy) is 2. The van der Waals surface area contributed by atoms with Crippen LogP contribution >= 0.6 is 0 Å². The second-order valence-electron chi connectivity index (χ2n) is 7.50. The average molecular weight is 439 g/mol. The molecular weight excluding hydrogens is 418 g/mol. The molecule has 2 aliphatic rings. The van der Waals surface area contributed by atoms with E-state index in [1.165, 1.54) is 25.1 Å². The molecule has 0 unspecified atom stereocenters. The Morgan fingerprint density at radius 3 is 2.34 bits per heavy atom. The Bertz CT molecular complexity index is 1060. The van der Waals surface area contributed by atoms with E-state index >= 15 is 0 Å². The van der Waals surface area contributed by atoms with Crippen molar-refractivity contribution in [3.8, 4) is 5.75 Å². The molecule has 0 bridgehead atoms. The maximum atomic E-state index is 12.6. The highest BCUT2D eigenvalue weighted by molar-refractivity contribution is 6.21. The Morgan fingerprint density at radius 1 is 1.12 bits per heavy atom. The van der Waals surface area contributed by atoms with Gasteiger partial charge in [-0.3, -0.25) is 29.4 Å². The van der Waals surface area contributed by atoms with Gasteiger partial charge >= 0.3 is 5.69 Å². The van der Waals surface area contributed by atoms with Gasteiger partial charge in [-0.05, 0) is 30.7 Å². The summed E-state index contributed by atoms with van der Waals surface area (Å²) in [6.07, 6.45) is -0.957. The molecule has 0 saturated carbocycles. The molecule has 1 fully saturated rings. The van der Waals surface area contributed by atoms with Gasteiger partial charge in [0.25, 0.3) is 17.7 Å². The maximum Gasteiger partial charge on any atom is 0.310 e. The molecule has 0 N–H and O–H groups in total. The third kappa shape index (κ3) is 4.04. The Kier molecular flexibility index (Phi) is 5.87. The fourth-order valence-corrected chi connectivity index (χ4v) is 3.75. The van der Waals surface area contributed by atoms with Crippen LogP contribution in [0.2, 0.25) is 0 Å². The van der Waals surface area contributed by atoms with Gasteiger partial charge in [0, 0.05) is 19.2 Å². The summed E-state index contributed by atoms with van der Waals surface area (Å²) in [6.45, 7) is 3.15. The van der Waals surface area contributed by atoms with Crippen molar-refractivity contribution in [3.63, 3.8) is 0 Å². The Balaban J connectivity index is 1.55. The highest BCUT2D eigenvalue weighted by Crippen LogP contribution is 2.31. The highest BCUT2D eigenvalue weighted by Gasteiger charge is 2.35. The minimum Gasteiger partial charge on any atom is -0.474 e. The monoisotopic (exact) mass is 439 g/mol. The number of fused-ring (bicyclic) bond motifs is 1. The van der Waals surface area contributed by atoms with Gasteiger partial charge in [0.05, 0.1) is 35.8 Å². The Hall–Kier alpha value is -3.79. The predicted octanol–water partition coefficient (Wildman–Crippen LogP) is 2.02. The van der Waals surface area contributed by atoms with Gasteiger partial charge in [-0.15, -0.1) is 0 Å². The van der Waals surface area contributed by atoms with Crippen molar-refractivity contribution in [1.82, 2.24) is 9.80 Å². The van der Waals surface area contributed by atoms with Crippen molar-refractivity contribution in [1.29, 1.82) is 0 Å². The van der Waals surface area contributed by atoms with Crippen LogP contribution in [0.3, 0.4) is 0 Å². The van der Waals surface area contributed by atoms with E-state index < -0.39 is 22.8 Å². The van der Waals surface area contributed by atoms with Crippen molar-refractivity contribution < 1.29 is 28.8 Å². The lowest BCUT2D eigenvalue weighted by Gasteiger charge is -2.29. The molecule has 2 aliphatic heterocycles. The zero-order chi connectivity index (χ0) is 22.8. The van der Waals surface area contributed by atoms with Gasteiger partial charge < -0.3 is 14.4 Å². The zero-order valence-corrected chi connectivity index (χ0v) is 17.4. The van der Waals surface area contributed by atoms with Crippen molar-refractivity contribution in [2.75, 3.05) is 26.3 Å². The van der Waals surface area contributed by atoms with Crippen molar-refractivity contribution in [2.45, 2.75) is 19.6 Å². The Morgan fingerprint density at radius 2 is 1.75 bits per heavy atom. The molecule has 0 radical (unpaired) electrons. The molecule has 3 amide bonds. The zero-order valence-electron chi connectivity index (χ0n) is 17.4. The fraction of sp³-hybridized carbons (Fsp3) is 0.318. The van der Waals surface area contributed by atoms with Crippen LogP contribution in [0.15, 0.2) is 42.5 Å². The number of imide groups is 1. The molecule has 2 aromatic carbocycles. The van der Waals surface area contributed by atoms with Crippen LogP contribution in [-0.4, -0.2) is 64.9 Å². The maximum absolute atomic E-state index is 12.6. The molecule has 4 rings (SSSR count). The summed E-state index contributed by atoms with van der Waals surface area (Å²) in [5, 5.41) is 11.5. The molecule has 1 saturated heterocycles. The van der Waals surface area contributed by atoms with Gasteiger partial charge in [0.2, 0.25) is 0 Å². The number of carbonyl (C=O) groups is 3. The fourth-order valence-electron chi connectivity index (χ4n) is 3.75. The summed E-state index contributed by atoms with van der Waals surface area (Å²) in [5.41, 5.74) is 0.796. The second kappa shape index (κ2) is 8.75. The van der Waals surface area contributed by atoms with E-state index in [1.807, 2.05) is 0 Å². The van der Waals surface area contributed by atoms with Crippen LogP contribution in [-0.2, 0) is 16.1 Å². The minimum absolute atomic E-state index is 0.0769. The highest BCUT2D eigenvalue weighted by atomic mass is 16.6. The second-order valence-corrected chi connectivity index (χ2v) is 7.50. The SMILES string of the molecule is C[C@H](Oc1cc(CN2C(=O)c3ccccc3C2=O)ccc1[N+](=O)[O-])C(=O)N1CCOCC1. The number of hydrogen-bond donors (Lipinski definition) is 0. The third-order valence-corrected chi connectivity index (χ3v) is 5.41. The number of nitro benzene ring substituents is 1. The number of rotatable bonds is 6. The summed E-state index contributed by atoms with van der Waals surface area (Å²) >= 11 is 0. The number of nitrogens with zero attached hydrogens (tertiary/aromatic N) is 3. The largest absolute Gasteiger partial charge is 0.474 e. The third-order valence-electron chi connectivity index (χ3n) is 5.41. The van der Waals surface area contributed by atoms with Crippen molar-refractivity contribution >= 4 is 23.4 Å². The van der Waals surface area contributed by atoms with E-state index in [-0.39, 0.29) is 23.9 Å². The molecule has 0 aromatic heterocycles. The topological polar surface area (TPSA) is 119 Å². The molecular formula is C22H21N3O7. The van der Waals surface area contributed by atoms with E-state index in [0.29, 0.717) is 43.0 Å². The van der Waals surface area contributed by atoms with Gasteiger partial charge in [-0.2, -0.15) is 0 Å². The van der Waals surface area contributed by atoms with Crippen molar-refractivity contribution in [3.05, 3.63) is 69.3 Å². The van der Waals surface area contributed by atoms with Crippen molar-refractivity contribution in [2.24, 2.45) is 0 Å². The molecule has 166 valence electrons. The van der Waals surface area contributed by atoms with E-state index in [0.717, 1.165) is 4.90 Å².